The molecule has 3 heterocycles. The summed E-state index contributed by atoms with van der Waals surface area (Å²) in [4.78, 5) is 17.0. The van der Waals surface area contributed by atoms with E-state index in [2.05, 4.69) is 9.97 Å². The lowest BCUT2D eigenvalue weighted by atomic mass is 9.97. The lowest BCUT2D eigenvalue weighted by Gasteiger charge is -2.15. The molecule has 5 nitrogen and oxygen atoms in total. The Morgan fingerprint density at radius 1 is 0.862 bits per heavy atom. The second-order valence-electron chi connectivity index (χ2n) is 6.77. The highest BCUT2D eigenvalue weighted by molar-refractivity contribution is 6.35. The highest BCUT2D eigenvalue weighted by Crippen LogP contribution is 2.40. The lowest BCUT2D eigenvalue weighted by molar-refractivity contribution is 1.27. The summed E-state index contributed by atoms with van der Waals surface area (Å²) >= 11 is 13.0. The van der Waals surface area contributed by atoms with Crippen molar-refractivity contribution in [2.45, 2.75) is 6.92 Å². The Balaban J connectivity index is 1.92. The molecule has 0 aliphatic heterocycles. The summed E-state index contributed by atoms with van der Waals surface area (Å²) in [6.07, 6.45) is 1.59. The van der Waals surface area contributed by atoms with Crippen molar-refractivity contribution in [1.29, 1.82) is 0 Å². The molecule has 0 bridgehead atoms. The van der Waals surface area contributed by atoms with Crippen LogP contribution in [-0.4, -0.2) is 19.9 Å². The maximum absolute atomic E-state index is 6.52. The Kier molecular flexibility index (Phi) is 4.15. The van der Waals surface area contributed by atoms with Crippen LogP contribution in [0.15, 0.2) is 54.9 Å². The number of nitrogen functional groups attached to an aromatic ring is 1. The lowest BCUT2D eigenvalue weighted by Crippen LogP contribution is -2.00. The molecule has 5 rings (SSSR count). The zero-order valence-corrected chi connectivity index (χ0v) is 16.9. The number of pyridine rings is 2. The number of benzene rings is 2. The molecular weight excluding hydrogens is 405 g/mol. The minimum atomic E-state index is 0.579. The van der Waals surface area contributed by atoms with E-state index in [0.29, 0.717) is 38.1 Å². The van der Waals surface area contributed by atoms with Gasteiger partial charge < -0.3 is 10.7 Å². The molecule has 0 fully saturated rings. The normalized spacial score (nSPS) is 11.4. The van der Waals surface area contributed by atoms with E-state index in [-0.39, 0.29) is 0 Å². The van der Waals surface area contributed by atoms with Gasteiger partial charge in [0.2, 0.25) is 0 Å². The van der Waals surface area contributed by atoms with Gasteiger partial charge in [0.25, 0.3) is 0 Å². The van der Waals surface area contributed by atoms with Crippen LogP contribution in [0.25, 0.3) is 44.6 Å². The Bertz CT molecular complexity index is 1410. The van der Waals surface area contributed by atoms with Crippen LogP contribution in [0.4, 0.5) is 5.69 Å². The standard InChI is InChI=1S/C22H15Cl2N5/c1-11-17(25)21-22(27-10-26-21)29-18(11)14-9-12-5-4-8-16(24)19(12)28-20(14)13-6-2-3-7-15(13)23/h2-10H,1H3,(H3,25,26,27,29). The Labute approximate surface area is 176 Å². The van der Waals surface area contributed by atoms with Gasteiger partial charge in [-0.25, -0.2) is 15.0 Å². The number of halogens is 2. The van der Waals surface area contributed by atoms with Crippen molar-refractivity contribution in [1.82, 2.24) is 19.9 Å². The fourth-order valence-corrected chi connectivity index (χ4v) is 3.98. The van der Waals surface area contributed by atoms with Gasteiger partial charge >= 0.3 is 0 Å². The van der Waals surface area contributed by atoms with Gasteiger partial charge in [-0.05, 0) is 25.1 Å². The average Bonchev–Trinajstić information content (AvgIpc) is 3.20. The van der Waals surface area contributed by atoms with Crippen molar-refractivity contribution in [2.24, 2.45) is 0 Å². The molecule has 0 radical (unpaired) electrons. The van der Waals surface area contributed by atoms with Gasteiger partial charge in [0.1, 0.15) is 5.52 Å². The van der Waals surface area contributed by atoms with E-state index < -0.39 is 0 Å². The molecule has 0 amide bonds. The molecule has 7 heteroatoms. The van der Waals surface area contributed by atoms with E-state index in [1.165, 1.54) is 0 Å². The number of fused-ring (bicyclic) bond motifs is 2. The smallest absolute Gasteiger partial charge is 0.159 e. The van der Waals surface area contributed by atoms with Crippen LogP contribution in [0.5, 0.6) is 0 Å². The van der Waals surface area contributed by atoms with Crippen molar-refractivity contribution < 1.29 is 0 Å². The predicted molar refractivity (Wildman–Crippen MR) is 119 cm³/mol. The Hall–Kier alpha value is -3.15. The second-order valence-corrected chi connectivity index (χ2v) is 7.59. The van der Waals surface area contributed by atoms with Gasteiger partial charge in [-0.15, -0.1) is 0 Å². The molecule has 0 spiro atoms. The Morgan fingerprint density at radius 3 is 2.48 bits per heavy atom. The summed E-state index contributed by atoms with van der Waals surface area (Å²) < 4.78 is 0. The first-order valence-corrected chi connectivity index (χ1v) is 9.74. The zero-order chi connectivity index (χ0) is 20.1. The molecule has 5 aromatic rings. The van der Waals surface area contributed by atoms with Crippen molar-refractivity contribution in [3.8, 4) is 22.5 Å². The summed E-state index contributed by atoms with van der Waals surface area (Å²) in [5.41, 5.74) is 12.8. The number of rotatable bonds is 2. The molecule has 29 heavy (non-hydrogen) atoms. The predicted octanol–water partition coefficient (Wildman–Crippen LogP) is 6.04. The summed E-state index contributed by atoms with van der Waals surface area (Å²) in [5, 5.41) is 2.09. The maximum Gasteiger partial charge on any atom is 0.159 e. The van der Waals surface area contributed by atoms with Crippen LogP contribution in [0.1, 0.15) is 5.56 Å². The number of nitrogens with one attached hydrogen (secondary N) is 1. The Morgan fingerprint density at radius 2 is 1.66 bits per heavy atom. The van der Waals surface area contributed by atoms with Gasteiger partial charge in [-0.3, -0.25) is 0 Å². The largest absolute Gasteiger partial charge is 0.397 e. The number of H-pyrrole nitrogens is 1. The van der Waals surface area contributed by atoms with Crippen LogP contribution < -0.4 is 5.73 Å². The zero-order valence-electron chi connectivity index (χ0n) is 15.4. The summed E-state index contributed by atoms with van der Waals surface area (Å²) in [6, 6.07) is 15.3. The minimum absolute atomic E-state index is 0.579. The van der Waals surface area contributed by atoms with Gasteiger partial charge in [-0.1, -0.05) is 53.5 Å². The van der Waals surface area contributed by atoms with E-state index in [1.807, 2.05) is 55.5 Å². The summed E-state index contributed by atoms with van der Waals surface area (Å²) in [6.45, 7) is 1.93. The number of para-hydroxylation sites is 1. The van der Waals surface area contributed by atoms with Crippen molar-refractivity contribution >= 4 is 51.0 Å². The van der Waals surface area contributed by atoms with E-state index in [0.717, 1.165) is 27.8 Å². The van der Waals surface area contributed by atoms with Crippen molar-refractivity contribution in [2.75, 3.05) is 5.73 Å². The molecule has 3 aromatic heterocycles. The van der Waals surface area contributed by atoms with Crippen LogP contribution in [0.2, 0.25) is 10.0 Å². The van der Waals surface area contributed by atoms with E-state index >= 15 is 0 Å². The number of nitrogens with zero attached hydrogens (tertiary/aromatic N) is 3. The molecule has 2 aromatic carbocycles. The SMILES string of the molecule is Cc1c(-c2cc3cccc(Cl)c3nc2-c2ccccc2Cl)nc2[nH]cnc2c1N. The van der Waals surface area contributed by atoms with E-state index in [4.69, 9.17) is 38.9 Å². The monoisotopic (exact) mass is 419 g/mol. The second kappa shape index (κ2) is 6.72. The number of imidazole rings is 1. The molecule has 0 unspecified atom stereocenters. The van der Waals surface area contributed by atoms with Gasteiger partial charge in [0, 0.05) is 27.1 Å². The minimum Gasteiger partial charge on any atom is -0.397 e. The first kappa shape index (κ1) is 17.9. The third kappa shape index (κ3) is 2.82. The number of aromatic amines is 1. The molecule has 142 valence electrons. The first-order chi connectivity index (χ1) is 14.0. The highest BCUT2D eigenvalue weighted by atomic mass is 35.5. The van der Waals surface area contributed by atoms with Crippen molar-refractivity contribution in [3.63, 3.8) is 0 Å². The quantitative estimate of drug-likeness (QED) is 0.365. The van der Waals surface area contributed by atoms with Gasteiger partial charge in [-0.2, -0.15) is 0 Å². The van der Waals surface area contributed by atoms with E-state index in [1.54, 1.807) is 6.33 Å². The number of nitrogens with two attached hydrogens (primary N) is 1. The highest BCUT2D eigenvalue weighted by Gasteiger charge is 2.20. The summed E-state index contributed by atoms with van der Waals surface area (Å²) in [7, 11) is 0. The van der Waals surface area contributed by atoms with Crippen LogP contribution >= 0.6 is 23.2 Å². The van der Waals surface area contributed by atoms with E-state index in [9.17, 15) is 0 Å². The van der Waals surface area contributed by atoms with Crippen LogP contribution in [0, 0.1) is 6.92 Å². The third-order valence-electron chi connectivity index (χ3n) is 5.04. The number of aromatic nitrogens is 4. The van der Waals surface area contributed by atoms with Gasteiger partial charge in [0.15, 0.2) is 5.65 Å². The fraction of sp³-hybridized carbons (Fsp3) is 0.0455. The molecule has 0 saturated heterocycles. The van der Waals surface area contributed by atoms with Crippen molar-refractivity contribution in [3.05, 3.63) is 70.5 Å². The first-order valence-electron chi connectivity index (χ1n) is 8.98. The average molecular weight is 420 g/mol. The molecule has 0 atom stereocenters. The molecule has 3 N–H and O–H groups in total. The topological polar surface area (TPSA) is 80.5 Å². The third-order valence-corrected chi connectivity index (χ3v) is 5.67. The molecule has 0 saturated carbocycles. The van der Waals surface area contributed by atoms with Crippen LogP contribution in [0.3, 0.4) is 0 Å². The van der Waals surface area contributed by atoms with Crippen LogP contribution in [-0.2, 0) is 0 Å². The maximum atomic E-state index is 6.52. The summed E-state index contributed by atoms with van der Waals surface area (Å²) in [5.74, 6) is 0. The number of anilines is 1. The number of hydrogen-bond acceptors (Lipinski definition) is 4. The molecular formula is C22H15Cl2N5. The molecule has 0 aliphatic rings. The fourth-order valence-electron chi connectivity index (χ4n) is 3.53. The van der Waals surface area contributed by atoms with Gasteiger partial charge in [0.05, 0.1) is 33.9 Å². The number of hydrogen-bond donors (Lipinski definition) is 2. The molecule has 0 aliphatic carbocycles.